The fourth-order valence-corrected chi connectivity index (χ4v) is 2.62. The molecule has 2 heteroatoms. The third kappa shape index (κ3) is 4.41. The molecule has 0 heterocycles. The van der Waals surface area contributed by atoms with Crippen LogP contribution in [0.3, 0.4) is 0 Å². The Morgan fingerprint density at radius 1 is 1.17 bits per heavy atom. The van der Waals surface area contributed by atoms with E-state index in [0.29, 0.717) is 5.92 Å². The Morgan fingerprint density at radius 3 is 2.28 bits per heavy atom. The summed E-state index contributed by atoms with van der Waals surface area (Å²) >= 11 is 0. The van der Waals surface area contributed by atoms with Crippen LogP contribution in [0.2, 0.25) is 0 Å². The van der Waals surface area contributed by atoms with E-state index in [2.05, 4.69) is 13.8 Å². The van der Waals surface area contributed by atoms with Gasteiger partial charge in [-0.15, -0.1) is 0 Å². The molecule has 1 rings (SSSR count). The zero-order chi connectivity index (χ0) is 13.5. The minimum absolute atomic E-state index is 0.163. The predicted molar refractivity (Wildman–Crippen MR) is 76.1 cm³/mol. The Morgan fingerprint density at radius 2 is 1.78 bits per heavy atom. The molecule has 0 saturated carbocycles. The number of hydrogen-bond acceptors (Lipinski definition) is 1. The van der Waals surface area contributed by atoms with E-state index in [4.69, 9.17) is 5.73 Å². The van der Waals surface area contributed by atoms with Crippen LogP contribution in [0, 0.1) is 18.7 Å². The van der Waals surface area contributed by atoms with Crippen LogP contribution in [0.5, 0.6) is 0 Å². The molecule has 0 amide bonds. The molecule has 1 atom stereocenters. The van der Waals surface area contributed by atoms with Crippen LogP contribution in [-0.2, 0) is 6.42 Å². The van der Waals surface area contributed by atoms with Crippen molar-refractivity contribution in [3.8, 4) is 0 Å². The minimum Gasteiger partial charge on any atom is -0.327 e. The maximum Gasteiger partial charge on any atom is 0.123 e. The van der Waals surface area contributed by atoms with Crippen LogP contribution in [0.1, 0.15) is 50.7 Å². The molecule has 0 fully saturated rings. The number of benzene rings is 1. The largest absolute Gasteiger partial charge is 0.327 e. The lowest BCUT2D eigenvalue weighted by Crippen LogP contribution is -2.32. The molecule has 102 valence electrons. The first-order chi connectivity index (χ1) is 8.58. The number of aryl methyl sites for hydroxylation is 1. The Balaban J connectivity index is 2.69. The second-order valence-corrected chi connectivity index (χ2v) is 5.28. The molecule has 0 aliphatic carbocycles. The molecule has 0 bridgehead atoms. The van der Waals surface area contributed by atoms with E-state index in [-0.39, 0.29) is 11.9 Å². The molecule has 0 radical (unpaired) electrons. The zero-order valence-electron chi connectivity index (χ0n) is 11.9. The summed E-state index contributed by atoms with van der Waals surface area (Å²) in [7, 11) is 0. The van der Waals surface area contributed by atoms with E-state index in [9.17, 15) is 4.39 Å². The highest BCUT2D eigenvalue weighted by Gasteiger charge is 2.17. The van der Waals surface area contributed by atoms with E-state index in [0.717, 1.165) is 12.0 Å². The van der Waals surface area contributed by atoms with E-state index in [1.165, 1.54) is 37.3 Å². The number of rotatable bonds is 7. The number of halogens is 1. The van der Waals surface area contributed by atoms with Gasteiger partial charge in [0.1, 0.15) is 5.82 Å². The summed E-state index contributed by atoms with van der Waals surface area (Å²) < 4.78 is 13.1. The Hall–Kier alpha value is -0.890. The van der Waals surface area contributed by atoms with Gasteiger partial charge in [0.15, 0.2) is 0 Å². The van der Waals surface area contributed by atoms with Crippen molar-refractivity contribution in [3.63, 3.8) is 0 Å². The van der Waals surface area contributed by atoms with Crippen LogP contribution in [0.15, 0.2) is 18.2 Å². The lowest BCUT2D eigenvalue weighted by atomic mass is 9.86. The summed E-state index contributed by atoms with van der Waals surface area (Å²) in [5, 5.41) is 0. The highest BCUT2D eigenvalue weighted by molar-refractivity contribution is 5.27. The standard InChI is InChI=1S/C16H26FN/c1-4-6-13(7-5-2)16(18)11-14-8-9-15(17)10-12(14)3/h8-10,13,16H,4-7,11,18H2,1-3H3. The SMILES string of the molecule is CCCC(CCC)C(N)Cc1ccc(F)cc1C. The fraction of sp³-hybridized carbons (Fsp3) is 0.625. The molecule has 0 saturated heterocycles. The molecule has 0 spiro atoms. The van der Waals surface area contributed by atoms with Gasteiger partial charge < -0.3 is 5.73 Å². The Kier molecular flexibility index (Phi) is 6.34. The maximum absolute atomic E-state index is 13.1. The van der Waals surface area contributed by atoms with Crippen molar-refractivity contribution in [2.24, 2.45) is 11.7 Å². The van der Waals surface area contributed by atoms with Crippen LogP contribution in [0.25, 0.3) is 0 Å². The lowest BCUT2D eigenvalue weighted by molar-refractivity contribution is 0.359. The third-order valence-electron chi connectivity index (χ3n) is 3.68. The number of hydrogen-bond donors (Lipinski definition) is 1. The first-order valence-electron chi connectivity index (χ1n) is 7.09. The van der Waals surface area contributed by atoms with Gasteiger partial charge in [-0.25, -0.2) is 4.39 Å². The third-order valence-corrected chi connectivity index (χ3v) is 3.68. The number of nitrogens with two attached hydrogens (primary N) is 1. The highest BCUT2D eigenvalue weighted by atomic mass is 19.1. The predicted octanol–water partition coefficient (Wildman–Crippen LogP) is 4.22. The van der Waals surface area contributed by atoms with Crippen LogP contribution in [-0.4, -0.2) is 6.04 Å². The van der Waals surface area contributed by atoms with Crippen molar-refractivity contribution in [2.45, 2.75) is 58.9 Å². The van der Waals surface area contributed by atoms with Gasteiger partial charge in [-0.05, 0) is 55.4 Å². The second kappa shape index (κ2) is 7.52. The second-order valence-electron chi connectivity index (χ2n) is 5.28. The molecule has 1 aromatic rings. The summed E-state index contributed by atoms with van der Waals surface area (Å²) in [6.45, 7) is 6.37. The monoisotopic (exact) mass is 251 g/mol. The van der Waals surface area contributed by atoms with Gasteiger partial charge in [-0.1, -0.05) is 32.8 Å². The summed E-state index contributed by atoms with van der Waals surface area (Å²) in [6.07, 6.45) is 5.60. The smallest absolute Gasteiger partial charge is 0.123 e. The van der Waals surface area contributed by atoms with Crippen LogP contribution >= 0.6 is 0 Å². The molecule has 0 aliphatic heterocycles. The van der Waals surface area contributed by atoms with Crippen molar-refractivity contribution < 1.29 is 4.39 Å². The van der Waals surface area contributed by atoms with Gasteiger partial charge in [-0.2, -0.15) is 0 Å². The van der Waals surface area contributed by atoms with Crippen molar-refractivity contribution in [3.05, 3.63) is 35.1 Å². The van der Waals surface area contributed by atoms with Crippen molar-refractivity contribution >= 4 is 0 Å². The van der Waals surface area contributed by atoms with Gasteiger partial charge >= 0.3 is 0 Å². The quantitative estimate of drug-likeness (QED) is 0.771. The summed E-state index contributed by atoms with van der Waals surface area (Å²) in [5.41, 5.74) is 8.53. The molecule has 1 nitrogen and oxygen atoms in total. The van der Waals surface area contributed by atoms with Crippen molar-refractivity contribution in [1.82, 2.24) is 0 Å². The average molecular weight is 251 g/mol. The molecule has 0 aromatic heterocycles. The van der Waals surface area contributed by atoms with Crippen molar-refractivity contribution in [2.75, 3.05) is 0 Å². The summed E-state index contributed by atoms with van der Waals surface area (Å²) in [5.74, 6) is 0.424. The van der Waals surface area contributed by atoms with Crippen LogP contribution < -0.4 is 5.73 Å². The summed E-state index contributed by atoms with van der Waals surface area (Å²) in [4.78, 5) is 0. The minimum atomic E-state index is -0.163. The van der Waals surface area contributed by atoms with Crippen LogP contribution in [0.4, 0.5) is 4.39 Å². The molecule has 0 aliphatic rings. The first-order valence-corrected chi connectivity index (χ1v) is 7.09. The molecular formula is C16H26FN. The molecule has 1 unspecified atom stereocenters. The Labute approximate surface area is 111 Å². The Bertz CT molecular complexity index is 356. The molecular weight excluding hydrogens is 225 g/mol. The van der Waals surface area contributed by atoms with Gasteiger partial charge in [0.2, 0.25) is 0 Å². The van der Waals surface area contributed by atoms with E-state index in [1.807, 2.05) is 13.0 Å². The lowest BCUT2D eigenvalue weighted by Gasteiger charge is -2.24. The van der Waals surface area contributed by atoms with Gasteiger partial charge in [-0.3, -0.25) is 0 Å². The van der Waals surface area contributed by atoms with E-state index >= 15 is 0 Å². The van der Waals surface area contributed by atoms with Gasteiger partial charge in [0.25, 0.3) is 0 Å². The van der Waals surface area contributed by atoms with Gasteiger partial charge in [0, 0.05) is 6.04 Å². The normalized spacial score (nSPS) is 13.0. The fourth-order valence-electron chi connectivity index (χ4n) is 2.62. The average Bonchev–Trinajstić information content (AvgIpc) is 2.32. The maximum atomic E-state index is 13.1. The van der Waals surface area contributed by atoms with E-state index in [1.54, 1.807) is 6.07 Å². The molecule has 1 aromatic carbocycles. The van der Waals surface area contributed by atoms with E-state index < -0.39 is 0 Å². The topological polar surface area (TPSA) is 26.0 Å². The van der Waals surface area contributed by atoms with Gasteiger partial charge in [0.05, 0.1) is 0 Å². The molecule has 18 heavy (non-hydrogen) atoms. The first kappa shape index (κ1) is 15.2. The highest BCUT2D eigenvalue weighted by Crippen LogP contribution is 2.21. The summed E-state index contributed by atoms with van der Waals surface area (Å²) in [6, 6.07) is 5.19. The van der Waals surface area contributed by atoms with Crippen molar-refractivity contribution in [1.29, 1.82) is 0 Å². The zero-order valence-corrected chi connectivity index (χ0v) is 11.9. The molecule has 2 N–H and O–H groups in total.